The molecule has 0 aliphatic rings. The summed E-state index contributed by atoms with van der Waals surface area (Å²) >= 11 is 0. The van der Waals surface area contributed by atoms with Crippen LogP contribution in [0.25, 0.3) is 0 Å². The molecule has 1 aromatic carbocycles. The van der Waals surface area contributed by atoms with E-state index in [0.717, 1.165) is 6.54 Å². The molecule has 0 atom stereocenters. The average molecular weight is 269 g/mol. The first-order chi connectivity index (χ1) is 9.15. The van der Waals surface area contributed by atoms with E-state index in [2.05, 4.69) is 9.64 Å². The molecule has 0 bridgehead atoms. The van der Waals surface area contributed by atoms with E-state index in [1.54, 1.807) is 12.1 Å². The van der Waals surface area contributed by atoms with Crippen molar-refractivity contribution in [3.63, 3.8) is 0 Å². The number of carbonyl (C=O) groups is 1. The second-order valence-corrected chi connectivity index (χ2v) is 4.06. The summed E-state index contributed by atoms with van der Waals surface area (Å²) in [6, 6.07) is 5.93. The van der Waals surface area contributed by atoms with Crippen molar-refractivity contribution in [2.45, 2.75) is 13.3 Å². The number of likely N-dealkylation sites (N-methyl/N-ethyl adjacent to an activating group) is 1. The predicted octanol–water partition coefficient (Wildman–Crippen LogP) is 2.09. The van der Waals surface area contributed by atoms with Gasteiger partial charge in [-0.25, -0.2) is 4.39 Å². The first-order valence-corrected chi connectivity index (χ1v) is 6.33. The number of ether oxygens (including phenoxy) is 2. The molecule has 0 N–H and O–H groups in total. The van der Waals surface area contributed by atoms with Crippen molar-refractivity contribution in [3.05, 3.63) is 30.1 Å². The van der Waals surface area contributed by atoms with Crippen LogP contribution in [-0.2, 0) is 9.53 Å². The lowest BCUT2D eigenvalue weighted by atomic mass is 10.3. The van der Waals surface area contributed by atoms with Crippen molar-refractivity contribution in [2.24, 2.45) is 0 Å². The van der Waals surface area contributed by atoms with Gasteiger partial charge < -0.3 is 9.47 Å². The smallest absolute Gasteiger partial charge is 0.306 e. The Kier molecular flexibility index (Phi) is 6.89. The first kappa shape index (κ1) is 15.4. The summed E-state index contributed by atoms with van der Waals surface area (Å²) < 4.78 is 22.8. The number of esters is 1. The lowest BCUT2D eigenvalue weighted by molar-refractivity contribution is -0.141. The van der Waals surface area contributed by atoms with Crippen LogP contribution in [0.3, 0.4) is 0 Å². The number of halogens is 1. The van der Waals surface area contributed by atoms with E-state index >= 15 is 0 Å². The highest BCUT2D eigenvalue weighted by molar-refractivity contribution is 5.69. The van der Waals surface area contributed by atoms with Crippen LogP contribution in [0.5, 0.6) is 5.75 Å². The molecule has 106 valence electrons. The van der Waals surface area contributed by atoms with Gasteiger partial charge in [0.15, 0.2) is 0 Å². The Hall–Kier alpha value is -1.62. The monoisotopic (exact) mass is 269 g/mol. The van der Waals surface area contributed by atoms with Gasteiger partial charge in [-0.3, -0.25) is 9.69 Å². The number of nitrogens with zero attached hydrogens (tertiary/aromatic N) is 1. The van der Waals surface area contributed by atoms with Crippen molar-refractivity contribution >= 4 is 5.97 Å². The van der Waals surface area contributed by atoms with Crippen molar-refractivity contribution in [1.29, 1.82) is 0 Å². The molecule has 0 unspecified atom stereocenters. The Bertz CT molecular complexity index is 381. The van der Waals surface area contributed by atoms with Crippen LogP contribution in [0.4, 0.5) is 4.39 Å². The molecule has 0 fully saturated rings. The van der Waals surface area contributed by atoms with E-state index in [1.807, 2.05) is 6.92 Å². The highest BCUT2D eigenvalue weighted by Gasteiger charge is 2.06. The van der Waals surface area contributed by atoms with Crippen LogP contribution in [0.1, 0.15) is 13.3 Å². The van der Waals surface area contributed by atoms with E-state index in [9.17, 15) is 9.18 Å². The van der Waals surface area contributed by atoms with E-state index in [-0.39, 0.29) is 11.8 Å². The van der Waals surface area contributed by atoms with Crippen LogP contribution in [0.15, 0.2) is 24.3 Å². The van der Waals surface area contributed by atoms with Gasteiger partial charge in [0.2, 0.25) is 0 Å². The molecule has 19 heavy (non-hydrogen) atoms. The van der Waals surface area contributed by atoms with Crippen LogP contribution < -0.4 is 4.74 Å². The van der Waals surface area contributed by atoms with Gasteiger partial charge in [0.1, 0.15) is 18.2 Å². The quantitative estimate of drug-likeness (QED) is 0.677. The molecule has 1 rings (SSSR count). The van der Waals surface area contributed by atoms with Crippen LogP contribution in [-0.4, -0.2) is 44.2 Å². The number of carbonyl (C=O) groups excluding carboxylic acids is 1. The zero-order valence-corrected chi connectivity index (χ0v) is 11.4. The van der Waals surface area contributed by atoms with Gasteiger partial charge in [0, 0.05) is 13.1 Å². The molecule has 0 amide bonds. The highest BCUT2D eigenvalue weighted by Crippen LogP contribution is 2.10. The van der Waals surface area contributed by atoms with Crippen LogP contribution in [0, 0.1) is 5.82 Å². The third kappa shape index (κ3) is 6.20. The summed E-state index contributed by atoms with van der Waals surface area (Å²) in [4.78, 5) is 13.1. The number of benzene rings is 1. The molecule has 4 nitrogen and oxygen atoms in total. The van der Waals surface area contributed by atoms with Crippen LogP contribution in [0.2, 0.25) is 0 Å². The van der Waals surface area contributed by atoms with Crippen LogP contribution >= 0.6 is 0 Å². The SMILES string of the molecule is CCN(CCOc1ccc(F)cc1)CCC(=O)OC. The Labute approximate surface area is 113 Å². The van der Waals surface area contributed by atoms with Gasteiger partial charge in [-0.05, 0) is 30.8 Å². The van der Waals surface area contributed by atoms with Crippen molar-refractivity contribution in [1.82, 2.24) is 4.90 Å². The zero-order valence-electron chi connectivity index (χ0n) is 11.4. The topological polar surface area (TPSA) is 38.8 Å². The molecule has 0 aromatic heterocycles. The molecule has 0 saturated heterocycles. The molecule has 0 aliphatic carbocycles. The third-order valence-corrected chi connectivity index (χ3v) is 2.80. The maximum atomic E-state index is 12.7. The minimum atomic E-state index is -0.277. The van der Waals surface area contributed by atoms with Gasteiger partial charge in [-0.2, -0.15) is 0 Å². The Morgan fingerprint density at radius 3 is 2.53 bits per heavy atom. The van der Waals surface area contributed by atoms with E-state index in [4.69, 9.17) is 4.74 Å². The lowest BCUT2D eigenvalue weighted by Crippen LogP contribution is -2.30. The fourth-order valence-corrected chi connectivity index (χ4v) is 1.60. The Morgan fingerprint density at radius 1 is 1.26 bits per heavy atom. The molecule has 1 aromatic rings. The minimum Gasteiger partial charge on any atom is -0.492 e. The molecule has 0 heterocycles. The summed E-state index contributed by atoms with van der Waals surface area (Å²) in [5.41, 5.74) is 0. The zero-order chi connectivity index (χ0) is 14.1. The van der Waals surface area contributed by atoms with Crippen molar-refractivity contribution in [3.8, 4) is 5.75 Å². The fourth-order valence-electron chi connectivity index (χ4n) is 1.60. The molecule has 0 aliphatic heterocycles. The molecular formula is C14H20FNO3. The van der Waals surface area contributed by atoms with E-state index in [1.165, 1.54) is 19.2 Å². The van der Waals surface area contributed by atoms with Crippen molar-refractivity contribution in [2.75, 3.05) is 33.4 Å². The van der Waals surface area contributed by atoms with E-state index < -0.39 is 0 Å². The second-order valence-electron chi connectivity index (χ2n) is 4.06. The van der Waals surface area contributed by atoms with Gasteiger partial charge in [-0.15, -0.1) is 0 Å². The van der Waals surface area contributed by atoms with Crippen molar-refractivity contribution < 1.29 is 18.7 Å². The summed E-state index contributed by atoms with van der Waals surface area (Å²) in [5, 5.41) is 0. The summed E-state index contributed by atoms with van der Waals surface area (Å²) in [7, 11) is 1.39. The second kappa shape index (κ2) is 8.48. The van der Waals surface area contributed by atoms with Gasteiger partial charge in [-0.1, -0.05) is 6.92 Å². The summed E-state index contributed by atoms with van der Waals surface area (Å²) in [6.07, 6.45) is 0.376. The van der Waals surface area contributed by atoms with E-state index in [0.29, 0.717) is 31.9 Å². The normalized spacial score (nSPS) is 10.5. The highest BCUT2D eigenvalue weighted by atomic mass is 19.1. The first-order valence-electron chi connectivity index (χ1n) is 6.33. The fraction of sp³-hybridized carbons (Fsp3) is 0.500. The number of hydrogen-bond acceptors (Lipinski definition) is 4. The maximum absolute atomic E-state index is 12.7. The van der Waals surface area contributed by atoms with Gasteiger partial charge >= 0.3 is 5.97 Å². The molecule has 5 heteroatoms. The average Bonchev–Trinajstić information content (AvgIpc) is 2.44. The maximum Gasteiger partial charge on any atom is 0.306 e. The van der Waals surface area contributed by atoms with Gasteiger partial charge in [0.25, 0.3) is 0 Å². The Morgan fingerprint density at radius 2 is 1.95 bits per heavy atom. The predicted molar refractivity (Wildman–Crippen MR) is 70.6 cm³/mol. The molecule has 0 spiro atoms. The third-order valence-electron chi connectivity index (χ3n) is 2.80. The lowest BCUT2D eigenvalue weighted by Gasteiger charge is -2.19. The molecule has 0 saturated carbocycles. The standard InChI is InChI=1S/C14H20FNO3/c1-3-16(9-8-14(17)18-2)10-11-19-13-6-4-12(15)5-7-13/h4-7H,3,8-11H2,1-2H3. The number of methoxy groups -OCH3 is 1. The minimum absolute atomic E-state index is 0.210. The Balaban J connectivity index is 2.25. The van der Waals surface area contributed by atoms with Gasteiger partial charge in [0.05, 0.1) is 13.5 Å². The number of hydrogen-bond donors (Lipinski definition) is 0. The molecular weight excluding hydrogens is 249 g/mol. The largest absolute Gasteiger partial charge is 0.492 e. The molecule has 0 radical (unpaired) electrons. The summed E-state index contributed by atoms with van der Waals surface area (Å²) in [5.74, 6) is 0.156. The number of rotatable bonds is 8. The summed E-state index contributed by atoms with van der Waals surface area (Å²) in [6.45, 7) is 4.72.